The van der Waals surface area contributed by atoms with E-state index in [9.17, 15) is 14.4 Å². The number of hydrogen-bond acceptors (Lipinski definition) is 7. The third-order valence-electron chi connectivity index (χ3n) is 4.09. The molecule has 120 valence electrons. The summed E-state index contributed by atoms with van der Waals surface area (Å²) in [6.45, 7) is 7.14. The smallest absolute Gasteiger partial charge is 0.466 e. The average molecular weight is 310 g/mol. The van der Waals surface area contributed by atoms with Crippen LogP contribution in [0.2, 0.25) is 0 Å². The van der Waals surface area contributed by atoms with Gasteiger partial charge < -0.3 is 18.9 Å². The first-order valence-electron chi connectivity index (χ1n) is 6.74. The minimum atomic E-state index is -1.41. The van der Waals surface area contributed by atoms with Gasteiger partial charge >= 0.3 is 18.1 Å². The summed E-state index contributed by atoms with van der Waals surface area (Å²) in [7, 11) is 2.39. The minimum absolute atomic E-state index is 0.272. The molecule has 2 fully saturated rings. The van der Waals surface area contributed by atoms with Gasteiger partial charge in [-0.25, -0.2) is 14.4 Å². The lowest BCUT2D eigenvalue weighted by Gasteiger charge is -2.19. The molecule has 0 amide bonds. The van der Waals surface area contributed by atoms with Crippen LogP contribution in [0.25, 0.3) is 0 Å². The summed E-state index contributed by atoms with van der Waals surface area (Å²) in [5.74, 6) is -2.04. The molecule has 2 rings (SSSR count). The summed E-state index contributed by atoms with van der Waals surface area (Å²) in [5, 5.41) is 0. The molecule has 4 atom stereocenters. The Morgan fingerprint density at radius 3 is 1.50 bits per heavy atom. The zero-order valence-corrected chi connectivity index (χ0v) is 12.5. The normalized spacial score (nSPS) is 34.8. The molecule has 0 saturated heterocycles. The first-order valence-corrected chi connectivity index (χ1v) is 6.74. The van der Waals surface area contributed by atoms with E-state index in [-0.39, 0.29) is 24.7 Å². The van der Waals surface area contributed by atoms with Gasteiger partial charge in [-0.3, -0.25) is 0 Å². The molecule has 0 aromatic heterocycles. The van der Waals surface area contributed by atoms with Crippen LogP contribution in [-0.2, 0) is 28.5 Å². The quantitative estimate of drug-likeness (QED) is 0.416. The highest BCUT2D eigenvalue weighted by molar-refractivity contribution is 5.89. The Bertz CT molecular complexity index is 494. The maximum atomic E-state index is 12.0. The molecule has 7 nitrogen and oxygen atoms in total. The topological polar surface area (TPSA) is 88.1 Å². The summed E-state index contributed by atoms with van der Waals surface area (Å²) in [6, 6.07) is 0. The van der Waals surface area contributed by atoms with E-state index in [4.69, 9.17) is 9.47 Å². The molecule has 4 unspecified atom stereocenters. The van der Waals surface area contributed by atoms with E-state index in [1.54, 1.807) is 0 Å². The van der Waals surface area contributed by atoms with E-state index < -0.39 is 29.3 Å². The Kier molecular flexibility index (Phi) is 4.00. The highest BCUT2D eigenvalue weighted by Crippen LogP contribution is 2.52. The molecule has 2 aliphatic carbocycles. The summed E-state index contributed by atoms with van der Waals surface area (Å²) in [5.41, 5.74) is -2.83. The van der Waals surface area contributed by atoms with Gasteiger partial charge in [0.1, 0.15) is 0 Å². The third-order valence-corrected chi connectivity index (χ3v) is 4.09. The highest BCUT2D eigenvalue weighted by atomic mass is 16.8. The Labute approximate surface area is 127 Å². The van der Waals surface area contributed by atoms with Gasteiger partial charge in [-0.1, -0.05) is 12.2 Å². The van der Waals surface area contributed by atoms with Gasteiger partial charge in [-0.15, -0.1) is 13.2 Å². The second-order valence-corrected chi connectivity index (χ2v) is 5.31. The predicted octanol–water partition coefficient (Wildman–Crippen LogP) is 1.38. The zero-order valence-electron chi connectivity index (χ0n) is 12.5. The summed E-state index contributed by atoms with van der Waals surface area (Å²) < 4.78 is 19.5. The number of rotatable bonds is 6. The lowest BCUT2D eigenvalue weighted by Crippen LogP contribution is -2.37. The van der Waals surface area contributed by atoms with E-state index in [1.807, 2.05) is 0 Å². The standard InChI is InChI=1S/C15H18O7/c1-5-9-7-14(9,11(16)19-3)21-13(18)22-15(12(17)20-4)8-10(15)6-2/h5-6,9-10H,1-2,7-8H2,3-4H3. The SMILES string of the molecule is C=CC1CC1(OC(=O)OC1(C(=O)OC)CC1C=C)C(=O)OC. The molecule has 0 radical (unpaired) electrons. The Morgan fingerprint density at radius 1 is 0.909 bits per heavy atom. The predicted molar refractivity (Wildman–Crippen MR) is 73.7 cm³/mol. The van der Waals surface area contributed by atoms with Crippen LogP contribution in [0.5, 0.6) is 0 Å². The monoisotopic (exact) mass is 310 g/mol. The van der Waals surface area contributed by atoms with Crippen LogP contribution in [0.15, 0.2) is 25.3 Å². The Morgan fingerprint density at radius 2 is 1.27 bits per heavy atom. The zero-order chi connectivity index (χ0) is 16.5. The van der Waals surface area contributed by atoms with Gasteiger partial charge in [0, 0.05) is 24.7 Å². The van der Waals surface area contributed by atoms with Crippen LogP contribution in [0.1, 0.15) is 12.8 Å². The Balaban J connectivity index is 2.06. The number of esters is 2. The first-order chi connectivity index (χ1) is 10.4. The van der Waals surface area contributed by atoms with Crippen molar-refractivity contribution in [1.82, 2.24) is 0 Å². The van der Waals surface area contributed by atoms with Crippen molar-refractivity contribution in [1.29, 1.82) is 0 Å². The summed E-state index contributed by atoms with van der Waals surface area (Å²) in [4.78, 5) is 35.6. The number of hydrogen-bond donors (Lipinski definition) is 0. The second kappa shape index (κ2) is 5.47. The molecular weight excluding hydrogens is 292 g/mol. The third kappa shape index (κ3) is 2.36. The van der Waals surface area contributed by atoms with Crippen molar-refractivity contribution in [3.8, 4) is 0 Å². The van der Waals surface area contributed by atoms with Crippen molar-refractivity contribution in [2.45, 2.75) is 24.0 Å². The largest absolute Gasteiger partial charge is 0.510 e. The van der Waals surface area contributed by atoms with Gasteiger partial charge in [0.15, 0.2) is 0 Å². The second-order valence-electron chi connectivity index (χ2n) is 5.31. The lowest BCUT2D eigenvalue weighted by molar-refractivity contribution is -0.161. The van der Waals surface area contributed by atoms with Crippen molar-refractivity contribution in [2.24, 2.45) is 11.8 Å². The van der Waals surface area contributed by atoms with E-state index in [2.05, 4.69) is 22.6 Å². The maximum Gasteiger partial charge on any atom is 0.510 e. The minimum Gasteiger partial charge on any atom is -0.466 e. The van der Waals surface area contributed by atoms with E-state index in [0.29, 0.717) is 0 Å². The van der Waals surface area contributed by atoms with Crippen molar-refractivity contribution in [2.75, 3.05) is 14.2 Å². The van der Waals surface area contributed by atoms with E-state index in [0.717, 1.165) is 0 Å². The fraction of sp³-hybridized carbons (Fsp3) is 0.533. The van der Waals surface area contributed by atoms with Gasteiger partial charge in [0.05, 0.1) is 14.2 Å². The molecule has 0 heterocycles. The fourth-order valence-corrected chi connectivity index (χ4v) is 2.53. The molecule has 0 bridgehead atoms. The molecule has 7 heteroatoms. The fourth-order valence-electron chi connectivity index (χ4n) is 2.53. The maximum absolute atomic E-state index is 12.0. The van der Waals surface area contributed by atoms with Crippen LogP contribution in [0.3, 0.4) is 0 Å². The van der Waals surface area contributed by atoms with Crippen LogP contribution in [-0.4, -0.2) is 43.5 Å². The van der Waals surface area contributed by atoms with Gasteiger partial charge in [0.2, 0.25) is 11.2 Å². The van der Waals surface area contributed by atoms with Crippen LogP contribution >= 0.6 is 0 Å². The molecule has 0 aromatic rings. The number of ether oxygens (including phenoxy) is 4. The van der Waals surface area contributed by atoms with Gasteiger partial charge in [0.25, 0.3) is 0 Å². The van der Waals surface area contributed by atoms with Crippen molar-refractivity contribution in [3.05, 3.63) is 25.3 Å². The average Bonchev–Trinajstić information content (AvgIpc) is 3.40. The summed E-state index contributed by atoms with van der Waals surface area (Å²) in [6.07, 6.45) is 2.43. The van der Waals surface area contributed by atoms with Crippen LogP contribution in [0, 0.1) is 11.8 Å². The number of carbonyl (C=O) groups excluding carboxylic acids is 3. The van der Waals surface area contributed by atoms with Crippen LogP contribution in [0.4, 0.5) is 4.79 Å². The van der Waals surface area contributed by atoms with E-state index >= 15 is 0 Å². The molecule has 2 aliphatic rings. The van der Waals surface area contributed by atoms with Crippen molar-refractivity contribution >= 4 is 18.1 Å². The van der Waals surface area contributed by atoms with Gasteiger partial charge in [-0.05, 0) is 0 Å². The molecule has 22 heavy (non-hydrogen) atoms. The molecule has 0 N–H and O–H groups in total. The number of carbonyl (C=O) groups is 3. The van der Waals surface area contributed by atoms with Gasteiger partial charge in [-0.2, -0.15) is 0 Å². The molecule has 0 spiro atoms. The highest BCUT2D eigenvalue weighted by Gasteiger charge is 2.67. The first kappa shape index (κ1) is 16.1. The van der Waals surface area contributed by atoms with Crippen LogP contribution < -0.4 is 0 Å². The lowest BCUT2D eigenvalue weighted by atomic mass is 10.2. The molecular formula is C15H18O7. The molecule has 0 aliphatic heterocycles. The number of methoxy groups -OCH3 is 2. The van der Waals surface area contributed by atoms with Crippen molar-refractivity contribution < 1.29 is 33.3 Å². The van der Waals surface area contributed by atoms with E-state index in [1.165, 1.54) is 26.4 Å². The molecule has 2 saturated carbocycles. The Hall–Kier alpha value is -2.31. The summed E-state index contributed by atoms with van der Waals surface area (Å²) >= 11 is 0. The molecule has 0 aromatic carbocycles. The van der Waals surface area contributed by atoms with Crippen molar-refractivity contribution in [3.63, 3.8) is 0 Å².